The first kappa shape index (κ1) is 14.9. The van der Waals surface area contributed by atoms with Gasteiger partial charge in [0.25, 0.3) is 0 Å². The largest absolute Gasteiger partial charge is 0.396 e. The van der Waals surface area contributed by atoms with Crippen molar-refractivity contribution in [2.45, 2.75) is 33.6 Å². The van der Waals surface area contributed by atoms with Crippen LogP contribution < -0.4 is 5.32 Å². The molecule has 0 aromatic heterocycles. The van der Waals surface area contributed by atoms with Crippen molar-refractivity contribution >= 4 is 11.7 Å². The molecule has 2 rings (SSSR count). The van der Waals surface area contributed by atoms with Crippen molar-refractivity contribution < 1.29 is 9.90 Å². The number of nitrogens with zero attached hydrogens (tertiary/aromatic N) is 1. The summed E-state index contributed by atoms with van der Waals surface area (Å²) >= 11 is 0. The van der Waals surface area contributed by atoms with E-state index in [1.54, 1.807) is 0 Å². The first-order valence-electron chi connectivity index (χ1n) is 7.26. The third-order valence-corrected chi connectivity index (χ3v) is 3.97. The van der Waals surface area contributed by atoms with Crippen LogP contribution in [0.1, 0.15) is 29.5 Å². The van der Waals surface area contributed by atoms with Gasteiger partial charge in [-0.1, -0.05) is 17.7 Å². The van der Waals surface area contributed by atoms with Gasteiger partial charge in [-0.25, -0.2) is 4.79 Å². The Labute approximate surface area is 120 Å². The second-order valence-electron chi connectivity index (χ2n) is 5.84. The number of aliphatic hydroxyl groups excluding tert-OH is 1. The highest BCUT2D eigenvalue weighted by Crippen LogP contribution is 2.23. The molecular formula is C16H24N2O2. The molecule has 1 unspecified atom stereocenters. The van der Waals surface area contributed by atoms with Gasteiger partial charge in [-0.2, -0.15) is 0 Å². The summed E-state index contributed by atoms with van der Waals surface area (Å²) in [6.07, 6.45) is 1.97. The van der Waals surface area contributed by atoms with Crippen molar-refractivity contribution in [3.8, 4) is 0 Å². The van der Waals surface area contributed by atoms with Gasteiger partial charge >= 0.3 is 6.03 Å². The average molecular weight is 276 g/mol. The summed E-state index contributed by atoms with van der Waals surface area (Å²) in [5, 5.41) is 12.3. The van der Waals surface area contributed by atoms with Crippen LogP contribution in [-0.4, -0.2) is 35.7 Å². The number of aryl methyl sites for hydroxylation is 3. The minimum Gasteiger partial charge on any atom is -0.396 e. The molecule has 1 aliphatic heterocycles. The van der Waals surface area contributed by atoms with Crippen molar-refractivity contribution in [1.29, 1.82) is 0 Å². The van der Waals surface area contributed by atoms with Crippen LogP contribution in [0.25, 0.3) is 0 Å². The second-order valence-corrected chi connectivity index (χ2v) is 5.84. The molecule has 2 N–H and O–H groups in total. The quantitative estimate of drug-likeness (QED) is 0.872. The Hall–Kier alpha value is -1.55. The van der Waals surface area contributed by atoms with Gasteiger partial charge in [-0.15, -0.1) is 0 Å². The summed E-state index contributed by atoms with van der Waals surface area (Å²) in [5.74, 6) is 0.217. The lowest BCUT2D eigenvalue weighted by atomic mass is 9.99. The van der Waals surface area contributed by atoms with E-state index >= 15 is 0 Å². The van der Waals surface area contributed by atoms with Crippen LogP contribution in [0.5, 0.6) is 0 Å². The van der Waals surface area contributed by atoms with E-state index in [9.17, 15) is 9.90 Å². The average Bonchev–Trinajstić information content (AvgIpc) is 2.42. The maximum absolute atomic E-state index is 12.4. The van der Waals surface area contributed by atoms with E-state index in [0.717, 1.165) is 36.2 Å². The summed E-state index contributed by atoms with van der Waals surface area (Å²) in [5.41, 5.74) is 4.29. The monoisotopic (exact) mass is 276 g/mol. The van der Waals surface area contributed by atoms with E-state index in [-0.39, 0.29) is 18.6 Å². The van der Waals surface area contributed by atoms with Crippen LogP contribution in [-0.2, 0) is 0 Å². The predicted molar refractivity (Wildman–Crippen MR) is 81.1 cm³/mol. The summed E-state index contributed by atoms with van der Waals surface area (Å²) in [6, 6.07) is 4.10. The Balaban J connectivity index is 2.08. The number of likely N-dealkylation sites (tertiary alicyclic amines) is 1. The SMILES string of the molecule is Cc1cc(C)c(NC(=O)N2CCCC(CO)C2)c(C)c1. The third-order valence-electron chi connectivity index (χ3n) is 3.97. The molecule has 0 aliphatic carbocycles. The number of hydrogen-bond acceptors (Lipinski definition) is 2. The molecule has 1 heterocycles. The summed E-state index contributed by atoms with van der Waals surface area (Å²) < 4.78 is 0. The van der Waals surface area contributed by atoms with Crippen LogP contribution in [0.15, 0.2) is 12.1 Å². The number of carbonyl (C=O) groups is 1. The minimum atomic E-state index is -0.0572. The second kappa shape index (κ2) is 6.27. The van der Waals surface area contributed by atoms with Crippen molar-refractivity contribution in [3.05, 3.63) is 28.8 Å². The third kappa shape index (κ3) is 3.31. The zero-order chi connectivity index (χ0) is 14.7. The summed E-state index contributed by atoms with van der Waals surface area (Å²) in [6.45, 7) is 7.66. The van der Waals surface area contributed by atoms with Gasteiger partial charge in [-0.05, 0) is 50.7 Å². The van der Waals surface area contributed by atoms with Gasteiger partial charge in [0.2, 0.25) is 0 Å². The van der Waals surface area contributed by atoms with Crippen LogP contribution >= 0.6 is 0 Å². The molecule has 1 aliphatic rings. The molecule has 20 heavy (non-hydrogen) atoms. The zero-order valence-electron chi connectivity index (χ0n) is 12.6. The van der Waals surface area contributed by atoms with Gasteiger partial charge in [0.15, 0.2) is 0 Å². The molecular weight excluding hydrogens is 252 g/mol. The Kier molecular flexibility index (Phi) is 4.65. The molecule has 0 spiro atoms. The highest BCUT2D eigenvalue weighted by Gasteiger charge is 2.23. The van der Waals surface area contributed by atoms with Crippen molar-refractivity contribution in [2.24, 2.45) is 5.92 Å². The number of hydrogen-bond donors (Lipinski definition) is 2. The fourth-order valence-corrected chi connectivity index (χ4v) is 2.96. The van der Waals surface area contributed by atoms with Crippen molar-refractivity contribution in [2.75, 3.05) is 25.0 Å². The first-order valence-corrected chi connectivity index (χ1v) is 7.26. The number of rotatable bonds is 2. The maximum atomic E-state index is 12.4. The fraction of sp³-hybridized carbons (Fsp3) is 0.562. The lowest BCUT2D eigenvalue weighted by Gasteiger charge is -2.32. The number of urea groups is 1. The smallest absolute Gasteiger partial charge is 0.321 e. The molecule has 1 aromatic carbocycles. The van der Waals surface area contributed by atoms with Gasteiger partial charge in [0, 0.05) is 25.4 Å². The van der Waals surface area contributed by atoms with E-state index < -0.39 is 0 Å². The van der Waals surface area contributed by atoms with Crippen LogP contribution in [0, 0.1) is 26.7 Å². The molecule has 4 nitrogen and oxygen atoms in total. The van der Waals surface area contributed by atoms with Crippen LogP contribution in [0.4, 0.5) is 10.5 Å². The zero-order valence-corrected chi connectivity index (χ0v) is 12.6. The number of anilines is 1. The number of benzene rings is 1. The van der Waals surface area contributed by atoms with Gasteiger partial charge in [0.1, 0.15) is 0 Å². The molecule has 0 bridgehead atoms. The Bertz CT molecular complexity index is 476. The Morgan fingerprint density at radius 2 is 2.00 bits per heavy atom. The minimum absolute atomic E-state index is 0.0572. The molecule has 0 saturated carbocycles. The topological polar surface area (TPSA) is 52.6 Å². The van der Waals surface area contributed by atoms with E-state index in [2.05, 4.69) is 24.4 Å². The van der Waals surface area contributed by atoms with Crippen LogP contribution in [0.2, 0.25) is 0 Å². The van der Waals surface area contributed by atoms with Crippen molar-refractivity contribution in [1.82, 2.24) is 4.90 Å². The van der Waals surface area contributed by atoms with E-state index in [0.29, 0.717) is 6.54 Å². The van der Waals surface area contributed by atoms with Gasteiger partial charge < -0.3 is 15.3 Å². The number of amides is 2. The summed E-state index contributed by atoms with van der Waals surface area (Å²) in [4.78, 5) is 14.2. The van der Waals surface area contributed by atoms with Crippen LogP contribution in [0.3, 0.4) is 0 Å². The molecule has 1 fully saturated rings. The normalized spacial score (nSPS) is 19.0. The predicted octanol–water partition coefficient (Wildman–Crippen LogP) is 2.85. The van der Waals surface area contributed by atoms with Gasteiger partial charge in [0.05, 0.1) is 0 Å². The Morgan fingerprint density at radius 1 is 1.35 bits per heavy atom. The number of nitrogens with one attached hydrogen (secondary N) is 1. The standard InChI is InChI=1S/C16H24N2O2/c1-11-7-12(2)15(13(3)8-11)17-16(20)18-6-4-5-14(9-18)10-19/h7-8,14,19H,4-6,9-10H2,1-3H3,(H,17,20). The Morgan fingerprint density at radius 3 is 2.60 bits per heavy atom. The van der Waals surface area contributed by atoms with Gasteiger partial charge in [-0.3, -0.25) is 0 Å². The number of aliphatic hydroxyl groups is 1. The van der Waals surface area contributed by atoms with E-state index in [1.807, 2.05) is 18.7 Å². The maximum Gasteiger partial charge on any atom is 0.321 e. The molecule has 1 aromatic rings. The summed E-state index contributed by atoms with van der Waals surface area (Å²) in [7, 11) is 0. The molecule has 1 saturated heterocycles. The molecule has 110 valence electrons. The van der Waals surface area contributed by atoms with E-state index in [1.165, 1.54) is 5.56 Å². The lowest BCUT2D eigenvalue weighted by molar-refractivity contribution is 0.136. The molecule has 4 heteroatoms. The molecule has 1 atom stereocenters. The lowest BCUT2D eigenvalue weighted by Crippen LogP contribution is -2.43. The van der Waals surface area contributed by atoms with Crippen molar-refractivity contribution in [3.63, 3.8) is 0 Å². The first-order chi connectivity index (χ1) is 9.51. The highest BCUT2D eigenvalue weighted by molar-refractivity contribution is 5.91. The number of carbonyl (C=O) groups excluding carboxylic acids is 1. The number of piperidine rings is 1. The fourth-order valence-electron chi connectivity index (χ4n) is 2.96. The molecule has 2 amide bonds. The highest BCUT2D eigenvalue weighted by atomic mass is 16.3. The molecule has 0 radical (unpaired) electrons. The van der Waals surface area contributed by atoms with E-state index in [4.69, 9.17) is 0 Å².